The van der Waals surface area contributed by atoms with Gasteiger partial charge in [0.05, 0.1) is 11.4 Å². The molecule has 2 aromatic rings. The van der Waals surface area contributed by atoms with Gasteiger partial charge in [-0.15, -0.1) is 0 Å². The van der Waals surface area contributed by atoms with Crippen LogP contribution in [0.15, 0.2) is 24.4 Å². The lowest BCUT2D eigenvalue weighted by molar-refractivity contribution is -0.134. The van der Waals surface area contributed by atoms with Crippen LogP contribution in [0.3, 0.4) is 0 Å². The number of hydrogen-bond donors (Lipinski definition) is 2. The van der Waals surface area contributed by atoms with E-state index in [4.69, 9.17) is 5.73 Å². The van der Waals surface area contributed by atoms with Crippen LogP contribution in [0.25, 0.3) is 10.9 Å². The highest BCUT2D eigenvalue weighted by atomic mass is 16.2. The molecule has 1 aliphatic rings. The normalized spacial score (nSPS) is 19.5. The lowest BCUT2D eigenvalue weighted by atomic mass is 9.97. The molecule has 1 aromatic carbocycles. The lowest BCUT2D eigenvalue weighted by Crippen LogP contribution is -2.40. The topological polar surface area (TPSA) is 98.0 Å². The van der Waals surface area contributed by atoms with E-state index in [1.807, 2.05) is 6.07 Å². The maximum absolute atomic E-state index is 11.8. The zero-order valence-electron chi connectivity index (χ0n) is 10.1. The molecule has 2 heterocycles. The molecule has 1 atom stereocenters. The molecule has 1 saturated heterocycles. The number of carbonyl (C=O) groups is 2. The Kier molecular flexibility index (Phi) is 2.63. The van der Waals surface area contributed by atoms with Crippen LogP contribution in [0.1, 0.15) is 24.6 Å². The summed E-state index contributed by atoms with van der Waals surface area (Å²) in [5.74, 6) is -0.614. The average molecular weight is 256 g/mol. The second-order valence-corrected chi connectivity index (χ2v) is 4.55. The number of carbonyl (C=O) groups excluding carboxylic acids is 2. The predicted molar refractivity (Wildman–Crippen MR) is 69.1 cm³/mol. The number of aromatic nitrogens is 2. The SMILES string of the molecule is Nc1ccc2cnc(C3CCC(=O)NC3=O)nc2c1. The van der Waals surface area contributed by atoms with Crippen molar-refractivity contribution in [3.8, 4) is 0 Å². The van der Waals surface area contributed by atoms with Gasteiger partial charge < -0.3 is 5.73 Å². The summed E-state index contributed by atoms with van der Waals surface area (Å²) in [7, 11) is 0. The van der Waals surface area contributed by atoms with Gasteiger partial charge in [-0.05, 0) is 24.6 Å². The van der Waals surface area contributed by atoms with Crippen LogP contribution in [0, 0.1) is 0 Å². The Balaban J connectivity index is 2.01. The number of fused-ring (bicyclic) bond motifs is 1. The van der Waals surface area contributed by atoms with Gasteiger partial charge in [-0.25, -0.2) is 9.97 Å². The highest BCUT2D eigenvalue weighted by Crippen LogP contribution is 2.23. The summed E-state index contributed by atoms with van der Waals surface area (Å²) >= 11 is 0. The Labute approximate surface area is 109 Å². The molecule has 1 fully saturated rings. The zero-order valence-corrected chi connectivity index (χ0v) is 10.1. The Hall–Kier alpha value is -2.50. The molecule has 1 aliphatic heterocycles. The van der Waals surface area contributed by atoms with Crippen LogP contribution in [-0.4, -0.2) is 21.8 Å². The number of amides is 2. The van der Waals surface area contributed by atoms with Crippen molar-refractivity contribution in [2.24, 2.45) is 0 Å². The molecule has 0 radical (unpaired) electrons. The van der Waals surface area contributed by atoms with E-state index < -0.39 is 5.92 Å². The largest absolute Gasteiger partial charge is 0.399 e. The molecule has 19 heavy (non-hydrogen) atoms. The second kappa shape index (κ2) is 4.31. The van der Waals surface area contributed by atoms with Crippen LogP contribution in [0.4, 0.5) is 5.69 Å². The van der Waals surface area contributed by atoms with E-state index in [9.17, 15) is 9.59 Å². The summed E-state index contributed by atoms with van der Waals surface area (Å²) < 4.78 is 0. The average Bonchev–Trinajstić information content (AvgIpc) is 2.38. The summed E-state index contributed by atoms with van der Waals surface area (Å²) in [4.78, 5) is 31.5. The van der Waals surface area contributed by atoms with Gasteiger partial charge >= 0.3 is 0 Å². The molecular weight excluding hydrogens is 244 g/mol. The number of nitrogen functional groups attached to an aromatic ring is 1. The fourth-order valence-electron chi connectivity index (χ4n) is 2.16. The molecule has 6 heteroatoms. The summed E-state index contributed by atoms with van der Waals surface area (Å²) in [6, 6.07) is 5.35. The standard InChI is InChI=1S/C13H12N4O2/c14-8-2-1-7-6-15-12(16-10(7)5-8)9-3-4-11(18)17-13(9)19/h1-2,5-6,9H,3-4,14H2,(H,17,18,19). The van der Waals surface area contributed by atoms with Gasteiger partial charge in [-0.3, -0.25) is 14.9 Å². The van der Waals surface area contributed by atoms with Crippen molar-refractivity contribution in [3.05, 3.63) is 30.2 Å². The summed E-state index contributed by atoms with van der Waals surface area (Å²) in [5.41, 5.74) is 7.03. The van der Waals surface area contributed by atoms with Gasteiger partial charge in [0.25, 0.3) is 0 Å². The Morgan fingerprint density at radius 2 is 2.16 bits per heavy atom. The molecule has 0 saturated carbocycles. The lowest BCUT2D eigenvalue weighted by Gasteiger charge is -2.19. The Morgan fingerprint density at radius 3 is 2.95 bits per heavy atom. The number of rotatable bonds is 1. The first kappa shape index (κ1) is 11.6. The molecule has 1 unspecified atom stereocenters. The fourth-order valence-corrected chi connectivity index (χ4v) is 2.16. The van der Waals surface area contributed by atoms with Crippen molar-refractivity contribution in [1.29, 1.82) is 0 Å². The minimum absolute atomic E-state index is 0.244. The summed E-state index contributed by atoms with van der Waals surface area (Å²) in [5, 5.41) is 3.17. The molecule has 3 rings (SSSR count). The predicted octanol–water partition coefficient (Wildman–Crippen LogP) is 0.732. The highest BCUT2D eigenvalue weighted by molar-refractivity contribution is 6.00. The van der Waals surface area contributed by atoms with Gasteiger partial charge in [0, 0.05) is 23.7 Å². The van der Waals surface area contributed by atoms with Crippen molar-refractivity contribution >= 4 is 28.4 Å². The zero-order chi connectivity index (χ0) is 13.4. The molecule has 96 valence electrons. The maximum Gasteiger partial charge on any atom is 0.237 e. The van der Waals surface area contributed by atoms with E-state index in [0.717, 1.165) is 5.39 Å². The Morgan fingerprint density at radius 1 is 1.32 bits per heavy atom. The van der Waals surface area contributed by atoms with Crippen molar-refractivity contribution in [1.82, 2.24) is 15.3 Å². The van der Waals surface area contributed by atoms with Crippen LogP contribution >= 0.6 is 0 Å². The van der Waals surface area contributed by atoms with Crippen LogP contribution in [0.5, 0.6) is 0 Å². The first-order chi connectivity index (χ1) is 9.13. The van der Waals surface area contributed by atoms with Crippen molar-refractivity contribution in [3.63, 3.8) is 0 Å². The number of nitrogens with zero attached hydrogens (tertiary/aromatic N) is 2. The van der Waals surface area contributed by atoms with Gasteiger partial charge in [0.15, 0.2) is 0 Å². The van der Waals surface area contributed by atoms with E-state index in [1.54, 1.807) is 18.3 Å². The molecule has 6 nitrogen and oxygen atoms in total. The molecule has 0 spiro atoms. The third-order valence-electron chi connectivity index (χ3n) is 3.18. The molecular formula is C13H12N4O2. The monoisotopic (exact) mass is 256 g/mol. The van der Waals surface area contributed by atoms with Crippen molar-refractivity contribution in [2.45, 2.75) is 18.8 Å². The maximum atomic E-state index is 11.8. The number of imide groups is 1. The Bertz CT molecular complexity index is 683. The molecule has 0 bridgehead atoms. The molecule has 2 amide bonds. The number of piperidine rings is 1. The van der Waals surface area contributed by atoms with Gasteiger partial charge in [-0.2, -0.15) is 0 Å². The number of nitrogens with two attached hydrogens (primary N) is 1. The first-order valence-corrected chi connectivity index (χ1v) is 5.99. The van der Waals surface area contributed by atoms with Gasteiger partial charge in [0.1, 0.15) is 5.82 Å². The third-order valence-corrected chi connectivity index (χ3v) is 3.18. The van der Waals surface area contributed by atoms with Crippen LogP contribution < -0.4 is 11.1 Å². The minimum atomic E-state index is -0.469. The molecule has 1 aromatic heterocycles. The number of nitrogens with one attached hydrogen (secondary N) is 1. The van der Waals surface area contributed by atoms with E-state index in [2.05, 4.69) is 15.3 Å². The number of anilines is 1. The first-order valence-electron chi connectivity index (χ1n) is 5.99. The van der Waals surface area contributed by atoms with E-state index in [1.165, 1.54) is 0 Å². The van der Waals surface area contributed by atoms with Gasteiger partial charge in [0.2, 0.25) is 11.8 Å². The molecule has 3 N–H and O–H groups in total. The number of hydrogen-bond acceptors (Lipinski definition) is 5. The van der Waals surface area contributed by atoms with E-state index in [0.29, 0.717) is 29.9 Å². The number of benzene rings is 1. The summed E-state index contributed by atoms with van der Waals surface area (Å²) in [6.07, 6.45) is 2.42. The van der Waals surface area contributed by atoms with E-state index >= 15 is 0 Å². The van der Waals surface area contributed by atoms with Crippen molar-refractivity contribution < 1.29 is 9.59 Å². The molecule has 0 aliphatic carbocycles. The van der Waals surface area contributed by atoms with Crippen molar-refractivity contribution in [2.75, 3.05) is 5.73 Å². The van der Waals surface area contributed by atoms with Crippen LogP contribution in [0.2, 0.25) is 0 Å². The quantitative estimate of drug-likeness (QED) is 0.579. The van der Waals surface area contributed by atoms with Gasteiger partial charge in [-0.1, -0.05) is 0 Å². The highest BCUT2D eigenvalue weighted by Gasteiger charge is 2.30. The fraction of sp³-hybridized carbons (Fsp3) is 0.231. The third kappa shape index (κ3) is 2.12. The van der Waals surface area contributed by atoms with E-state index in [-0.39, 0.29) is 11.8 Å². The smallest absolute Gasteiger partial charge is 0.237 e. The van der Waals surface area contributed by atoms with Crippen LogP contribution in [-0.2, 0) is 9.59 Å². The second-order valence-electron chi connectivity index (χ2n) is 4.55. The summed E-state index contributed by atoms with van der Waals surface area (Å²) in [6.45, 7) is 0. The minimum Gasteiger partial charge on any atom is -0.399 e.